The van der Waals surface area contributed by atoms with E-state index < -0.39 is 5.54 Å². The number of nitrogens with one attached hydrogen (secondary N) is 1. The molecule has 0 saturated carbocycles. The summed E-state index contributed by atoms with van der Waals surface area (Å²) in [6.07, 6.45) is 4.34. The zero-order chi connectivity index (χ0) is 13.9. The lowest BCUT2D eigenvalue weighted by Crippen LogP contribution is -2.43. The van der Waals surface area contributed by atoms with Crippen LogP contribution in [0.2, 0.25) is 0 Å². The summed E-state index contributed by atoms with van der Waals surface area (Å²) in [7, 11) is 0. The Morgan fingerprint density at radius 3 is 2.79 bits per heavy atom. The van der Waals surface area contributed by atoms with Gasteiger partial charge in [-0.25, -0.2) is 0 Å². The van der Waals surface area contributed by atoms with Crippen molar-refractivity contribution in [1.82, 2.24) is 10.2 Å². The lowest BCUT2D eigenvalue weighted by Gasteiger charge is -2.23. The van der Waals surface area contributed by atoms with Gasteiger partial charge in [-0.05, 0) is 42.2 Å². The topological polar surface area (TPSA) is 32.3 Å². The van der Waals surface area contributed by atoms with Gasteiger partial charge in [0.05, 0.1) is 5.54 Å². The van der Waals surface area contributed by atoms with E-state index in [1.807, 2.05) is 11.8 Å². The summed E-state index contributed by atoms with van der Waals surface area (Å²) in [5.41, 5.74) is 0.811. The number of thiophene rings is 1. The Kier molecular flexibility index (Phi) is 4.63. The zero-order valence-corrected chi connectivity index (χ0v) is 12.9. The van der Waals surface area contributed by atoms with Crippen molar-refractivity contribution in [1.29, 1.82) is 0 Å². The van der Waals surface area contributed by atoms with Gasteiger partial charge in [0, 0.05) is 6.54 Å². The maximum Gasteiger partial charge on any atom is 0.244 e. The van der Waals surface area contributed by atoms with Gasteiger partial charge in [0.2, 0.25) is 5.91 Å². The van der Waals surface area contributed by atoms with E-state index in [0.29, 0.717) is 0 Å². The molecular formula is C15H24N2OS. The fourth-order valence-corrected chi connectivity index (χ4v) is 3.26. The van der Waals surface area contributed by atoms with Crippen LogP contribution in [0.15, 0.2) is 16.8 Å². The first-order valence-electron chi connectivity index (χ1n) is 7.23. The third-order valence-electron chi connectivity index (χ3n) is 4.07. The van der Waals surface area contributed by atoms with Crippen molar-refractivity contribution in [2.45, 2.75) is 58.2 Å². The highest BCUT2D eigenvalue weighted by molar-refractivity contribution is 7.07. The molecule has 1 aromatic rings. The van der Waals surface area contributed by atoms with Crippen LogP contribution in [-0.4, -0.2) is 22.9 Å². The first kappa shape index (κ1) is 14.5. The highest BCUT2D eigenvalue weighted by atomic mass is 32.1. The molecule has 0 aromatic carbocycles. The Labute approximate surface area is 120 Å². The molecule has 2 rings (SSSR count). The van der Waals surface area contributed by atoms with Gasteiger partial charge in [-0.2, -0.15) is 11.3 Å². The normalized spacial score (nSPS) is 27.2. The third kappa shape index (κ3) is 2.84. The molecule has 1 saturated heterocycles. The molecule has 1 aromatic heterocycles. The maximum absolute atomic E-state index is 12.6. The van der Waals surface area contributed by atoms with E-state index in [-0.39, 0.29) is 12.1 Å². The number of amides is 1. The van der Waals surface area contributed by atoms with Crippen LogP contribution >= 0.6 is 11.3 Å². The molecule has 0 spiro atoms. The van der Waals surface area contributed by atoms with Crippen LogP contribution in [0.25, 0.3) is 0 Å². The van der Waals surface area contributed by atoms with Gasteiger partial charge in [-0.3, -0.25) is 10.1 Å². The molecule has 1 aliphatic rings. The largest absolute Gasteiger partial charge is 0.321 e. The molecule has 2 unspecified atom stereocenters. The van der Waals surface area contributed by atoms with Gasteiger partial charge in [0.25, 0.3) is 0 Å². The summed E-state index contributed by atoms with van der Waals surface area (Å²) in [5, 5.41) is 7.74. The predicted molar refractivity (Wildman–Crippen MR) is 80.1 cm³/mol. The van der Waals surface area contributed by atoms with Crippen LogP contribution in [0.3, 0.4) is 0 Å². The van der Waals surface area contributed by atoms with Crippen molar-refractivity contribution in [3.05, 3.63) is 22.4 Å². The lowest BCUT2D eigenvalue weighted by atomic mass is 9.99. The minimum atomic E-state index is -0.404. The Morgan fingerprint density at radius 2 is 2.21 bits per heavy atom. The first-order chi connectivity index (χ1) is 9.12. The molecule has 0 bridgehead atoms. The summed E-state index contributed by atoms with van der Waals surface area (Å²) in [6.45, 7) is 7.14. The number of nitrogens with zero attached hydrogens (tertiary/aromatic N) is 1. The maximum atomic E-state index is 12.6. The van der Waals surface area contributed by atoms with Crippen LogP contribution in [-0.2, 0) is 4.79 Å². The summed E-state index contributed by atoms with van der Waals surface area (Å²) >= 11 is 1.69. The Bertz CT molecular complexity index is 418. The Balaban J connectivity index is 2.17. The number of carbonyl (C=O) groups is 1. The Hall–Kier alpha value is -0.870. The van der Waals surface area contributed by atoms with E-state index in [1.165, 1.54) is 18.4 Å². The number of carbonyl (C=O) groups excluding carboxylic acids is 1. The molecule has 2 atom stereocenters. The number of hydrogen-bond acceptors (Lipinski definition) is 3. The molecule has 1 aliphatic heterocycles. The summed E-state index contributed by atoms with van der Waals surface area (Å²) in [5.74, 6) is 0.252. The third-order valence-corrected chi connectivity index (χ3v) is 4.77. The quantitative estimate of drug-likeness (QED) is 0.808. The molecule has 1 N–H and O–H groups in total. The van der Waals surface area contributed by atoms with E-state index in [2.05, 4.69) is 36.0 Å². The molecule has 4 heteroatoms. The number of rotatable bonds is 6. The Morgan fingerprint density at radius 1 is 1.42 bits per heavy atom. The van der Waals surface area contributed by atoms with Crippen LogP contribution in [0.4, 0.5) is 0 Å². The monoisotopic (exact) mass is 280 g/mol. The van der Waals surface area contributed by atoms with Crippen LogP contribution in [0.1, 0.15) is 58.2 Å². The van der Waals surface area contributed by atoms with Gasteiger partial charge < -0.3 is 4.90 Å². The van der Waals surface area contributed by atoms with Gasteiger partial charge >= 0.3 is 0 Å². The molecule has 3 nitrogen and oxygen atoms in total. The average Bonchev–Trinajstić information content (AvgIpc) is 3.01. The highest BCUT2D eigenvalue weighted by Crippen LogP contribution is 2.33. The molecular weight excluding hydrogens is 256 g/mol. The second-order valence-electron chi connectivity index (χ2n) is 5.49. The van der Waals surface area contributed by atoms with Crippen LogP contribution in [0, 0.1) is 0 Å². The molecule has 2 heterocycles. The van der Waals surface area contributed by atoms with E-state index >= 15 is 0 Å². The highest BCUT2D eigenvalue weighted by Gasteiger charge is 2.46. The predicted octanol–water partition coefficient (Wildman–Crippen LogP) is 3.54. The van der Waals surface area contributed by atoms with Crippen molar-refractivity contribution in [2.24, 2.45) is 0 Å². The summed E-state index contributed by atoms with van der Waals surface area (Å²) < 4.78 is 0. The van der Waals surface area contributed by atoms with Crippen molar-refractivity contribution < 1.29 is 4.79 Å². The minimum absolute atomic E-state index is 0.0561. The second kappa shape index (κ2) is 6.06. The number of unbranched alkanes of at least 4 members (excludes halogenated alkanes) is 2. The molecule has 0 radical (unpaired) electrons. The summed E-state index contributed by atoms with van der Waals surface area (Å²) in [4.78, 5) is 14.7. The van der Waals surface area contributed by atoms with E-state index in [4.69, 9.17) is 0 Å². The van der Waals surface area contributed by atoms with Crippen molar-refractivity contribution >= 4 is 17.2 Å². The number of hydrogen-bond donors (Lipinski definition) is 1. The average molecular weight is 280 g/mol. The minimum Gasteiger partial charge on any atom is -0.321 e. The molecule has 106 valence electrons. The van der Waals surface area contributed by atoms with Crippen LogP contribution in [0.5, 0.6) is 0 Å². The van der Waals surface area contributed by atoms with Crippen LogP contribution < -0.4 is 5.32 Å². The molecule has 1 fully saturated rings. The molecule has 19 heavy (non-hydrogen) atoms. The smallest absolute Gasteiger partial charge is 0.244 e. The van der Waals surface area contributed by atoms with Crippen molar-refractivity contribution in [3.8, 4) is 0 Å². The van der Waals surface area contributed by atoms with Crippen molar-refractivity contribution in [3.63, 3.8) is 0 Å². The van der Waals surface area contributed by atoms with E-state index in [1.54, 1.807) is 11.3 Å². The SMILES string of the molecule is CCCCCN1C(=O)C(C)(CC)NC1c1ccsc1. The standard InChI is InChI=1S/C15H24N2OS/c1-4-6-7-9-17-13(12-8-10-19-11-12)16-15(3,5-2)14(17)18/h8,10-11,13,16H,4-7,9H2,1-3H3. The molecule has 1 amide bonds. The van der Waals surface area contributed by atoms with E-state index in [0.717, 1.165) is 19.4 Å². The first-order valence-corrected chi connectivity index (χ1v) is 8.17. The van der Waals surface area contributed by atoms with Gasteiger partial charge in [-0.1, -0.05) is 26.7 Å². The van der Waals surface area contributed by atoms with Gasteiger partial charge in [0.1, 0.15) is 6.17 Å². The van der Waals surface area contributed by atoms with E-state index in [9.17, 15) is 4.79 Å². The van der Waals surface area contributed by atoms with Gasteiger partial charge in [0.15, 0.2) is 0 Å². The zero-order valence-electron chi connectivity index (χ0n) is 12.1. The van der Waals surface area contributed by atoms with Crippen molar-refractivity contribution in [2.75, 3.05) is 6.54 Å². The molecule has 0 aliphatic carbocycles. The fourth-order valence-electron chi connectivity index (χ4n) is 2.59. The lowest BCUT2D eigenvalue weighted by molar-refractivity contribution is -0.133. The second-order valence-corrected chi connectivity index (χ2v) is 6.27. The summed E-state index contributed by atoms with van der Waals surface area (Å²) in [6, 6.07) is 2.11. The fraction of sp³-hybridized carbons (Fsp3) is 0.667. The van der Waals surface area contributed by atoms with Gasteiger partial charge in [-0.15, -0.1) is 0 Å².